The summed E-state index contributed by atoms with van der Waals surface area (Å²) in [6.07, 6.45) is 6.97. The van der Waals surface area contributed by atoms with Gasteiger partial charge in [0.25, 0.3) is 0 Å². The molecule has 0 spiro atoms. The monoisotopic (exact) mass is 319 g/mol. The quantitative estimate of drug-likeness (QED) is 0.627. The van der Waals surface area contributed by atoms with Crippen LogP contribution in [0, 0.1) is 0 Å². The van der Waals surface area contributed by atoms with E-state index in [4.69, 9.17) is 0 Å². The average Bonchev–Trinajstić information content (AvgIpc) is 3.23. The third-order valence-electron chi connectivity index (χ3n) is 3.91. The Kier molecular flexibility index (Phi) is 3.13. The predicted octanol–water partition coefficient (Wildman–Crippen LogP) is 2.52. The highest BCUT2D eigenvalue weighted by Gasteiger charge is 2.19. The first-order valence-electron chi connectivity index (χ1n) is 7.29. The van der Waals surface area contributed by atoms with Crippen molar-refractivity contribution >= 4 is 17.0 Å². The number of pyridine rings is 1. The molecule has 7 nitrogen and oxygen atoms in total. The van der Waals surface area contributed by atoms with E-state index in [0.717, 1.165) is 16.8 Å². The van der Waals surface area contributed by atoms with Crippen LogP contribution in [0.1, 0.15) is 10.5 Å². The molecule has 1 aromatic carbocycles. The first-order valence-corrected chi connectivity index (χ1v) is 7.29. The van der Waals surface area contributed by atoms with E-state index < -0.39 is 5.97 Å². The van der Waals surface area contributed by atoms with E-state index in [1.165, 1.54) is 4.68 Å². The van der Waals surface area contributed by atoms with Crippen molar-refractivity contribution in [1.29, 1.82) is 0 Å². The molecule has 0 atom stereocenters. The van der Waals surface area contributed by atoms with Crippen LogP contribution in [0.3, 0.4) is 0 Å². The summed E-state index contributed by atoms with van der Waals surface area (Å²) in [4.78, 5) is 19.8. The molecule has 24 heavy (non-hydrogen) atoms. The number of carboxylic acid groups (broad SMARTS) is 1. The van der Waals surface area contributed by atoms with Crippen molar-refractivity contribution in [3.8, 4) is 16.8 Å². The smallest absolute Gasteiger partial charge is 0.357 e. The van der Waals surface area contributed by atoms with Crippen molar-refractivity contribution in [2.75, 3.05) is 0 Å². The van der Waals surface area contributed by atoms with E-state index >= 15 is 0 Å². The fourth-order valence-corrected chi connectivity index (χ4v) is 2.79. The van der Waals surface area contributed by atoms with Gasteiger partial charge in [0.05, 0.1) is 11.7 Å². The van der Waals surface area contributed by atoms with Crippen molar-refractivity contribution in [1.82, 2.24) is 24.3 Å². The summed E-state index contributed by atoms with van der Waals surface area (Å²) < 4.78 is 3.39. The number of carbonyl (C=O) groups is 1. The third-order valence-corrected chi connectivity index (χ3v) is 3.91. The lowest BCUT2D eigenvalue weighted by atomic mass is 10.0. The van der Waals surface area contributed by atoms with Crippen LogP contribution in [-0.4, -0.2) is 35.4 Å². The molecule has 1 N–H and O–H groups in total. The first-order chi connectivity index (χ1) is 11.6. The fourth-order valence-electron chi connectivity index (χ4n) is 2.79. The van der Waals surface area contributed by atoms with Crippen LogP contribution in [0.4, 0.5) is 0 Å². The van der Waals surface area contributed by atoms with E-state index in [1.54, 1.807) is 25.8 Å². The van der Waals surface area contributed by atoms with Gasteiger partial charge in [-0.1, -0.05) is 12.1 Å². The van der Waals surface area contributed by atoms with Crippen LogP contribution in [0.25, 0.3) is 27.8 Å². The molecule has 0 bridgehead atoms. The topological polar surface area (TPSA) is 85.8 Å². The van der Waals surface area contributed by atoms with Gasteiger partial charge >= 0.3 is 5.97 Å². The Morgan fingerprint density at radius 3 is 2.58 bits per heavy atom. The summed E-state index contributed by atoms with van der Waals surface area (Å²) in [7, 11) is 1.69. The second-order valence-corrected chi connectivity index (χ2v) is 5.35. The molecule has 0 amide bonds. The average molecular weight is 319 g/mol. The second kappa shape index (κ2) is 5.31. The fraction of sp³-hybridized carbons (Fsp3) is 0.0588. The van der Waals surface area contributed by atoms with Crippen molar-refractivity contribution in [3.63, 3.8) is 0 Å². The number of nitrogens with zero attached hydrogens (tertiary/aromatic N) is 5. The summed E-state index contributed by atoms with van der Waals surface area (Å²) >= 11 is 0. The minimum atomic E-state index is -1.06. The highest BCUT2D eigenvalue weighted by atomic mass is 16.4. The molecule has 0 unspecified atom stereocenters. The highest BCUT2D eigenvalue weighted by Crippen LogP contribution is 2.30. The zero-order chi connectivity index (χ0) is 16.7. The van der Waals surface area contributed by atoms with Gasteiger partial charge in [0.15, 0.2) is 11.3 Å². The Labute approximate surface area is 136 Å². The maximum atomic E-state index is 11.5. The largest absolute Gasteiger partial charge is 0.476 e. The SMILES string of the molecule is Cn1nc(C(=O)O)c2c(-c3ccc(-n4ccnc4)cc3)ccnc21. The van der Waals surface area contributed by atoms with Gasteiger partial charge in [-0.3, -0.25) is 0 Å². The zero-order valence-corrected chi connectivity index (χ0v) is 12.8. The molecule has 4 rings (SSSR count). The van der Waals surface area contributed by atoms with Gasteiger partial charge in [-0.05, 0) is 29.3 Å². The van der Waals surface area contributed by atoms with Gasteiger partial charge in [0, 0.05) is 31.3 Å². The Hall–Kier alpha value is -3.48. The maximum Gasteiger partial charge on any atom is 0.357 e. The molecule has 0 aliphatic carbocycles. The molecule has 3 aromatic heterocycles. The molecule has 4 aromatic rings. The summed E-state index contributed by atoms with van der Waals surface area (Å²) in [5.41, 5.74) is 3.23. The molecule has 118 valence electrons. The number of rotatable bonds is 3. The minimum absolute atomic E-state index is 0.00860. The molecule has 7 heteroatoms. The van der Waals surface area contributed by atoms with Crippen molar-refractivity contribution in [3.05, 3.63) is 60.9 Å². The van der Waals surface area contributed by atoms with E-state index in [0.29, 0.717) is 11.0 Å². The van der Waals surface area contributed by atoms with Gasteiger partial charge in [0.2, 0.25) is 0 Å². The molecular weight excluding hydrogens is 306 g/mol. The van der Waals surface area contributed by atoms with E-state index in [1.807, 2.05) is 41.1 Å². The molecule has 0 fully saturated rings. The third kappa shape index (κ3) is 2.14. The van der Waals surface area contributed by atoms with Crippen LogP contribution in [0.5, 0.6) is 0 Å². The van der Waals surface area contributed by atoms with Crippen LogP contribution in [0.15, 0.2) is 55.2 Å². The van der Waals surface area contributed by atoms with Gasteiger partial charge in [0.1, 0.15) is 0 Å². The predicted molar refractivity (Wildman–Crippen MR) is 88.0 cm³/mol. The molecule has 0 aliphatic heterocycles. The molecule has 3 heterocycles. The molecule has 0 aliphatic rings. The Bertz CT molecular complexity index is 1030. The van der Waals surface area contributed by atoms with E-state index in [2.05, 4.69) is 15.1 Å². The number of aromatic carboxylic acids is 1. The second-order valence-electron chi connectivity index (χ2n) is 5.35. The van der Waals surface area contributed by atoms with Crippen LogP contribution < -0.4 is 0 Å². The molecule has 0 saturated heterocycles. The number of hydrogen-bond acceptors (Lipinski definition) is 4. The lowest BCUT2D eigenvalue weighted by Crippen LogP contribution is -1.99. The summed E-state index contributed by atoms with van der Waals surface area (Å²) in [5.74, 6) is -1.06. The minimum Gasteiger partial charge on any atom is -0.476 e. The summed E-state index contributed by atoms with van der Waals surface area (Å²) in [6, 6.07) is 9.62. The van der Waals surface area contributed by atoms with Crippen LogP contribution in [-0.2, 0) is 7.05 Å². The van der Waals surface area contributed by atoms with Gasteiger partial charge in [-0.2, -0.15) is 5.10 Å². The van der Waals surface area contributed by atoms with Crippen LogP contribution in [0.2, 0.25) is 0 Å². The summed E-state index contributed by atoms with van der Waals surface area (Å²) in [5, 5.41) is 14.0. The number of aryl methyl sites for hydroxylation is 1. The number of fused-ring (bicyclic) bond motifs is 1. The number of imidazole rings is 1. The van der Waals surface area contributed by atoms with E-state index in [-0.39, 0.29) is 5.69 Å². The van der Waals surface area contributed by atoms with Crippen molar-refractivity contribution < 1.29 is 9.90 Å². The molecule has 0 radical (unpaired) electrons. The number of carboxylic acids is 1. The van der Waals surface area contributed by atoms with Gasteiger partial charge < -0.3 is 9.67 Å². The Morgan fingerprint density at radius 2 is 1.92 bits per heavy atom. The number of benzene rings is 1. The highest BCUT2D eigenvalue weighted by molar-refractivity contribution is 6.06. The van der Waals surface area contributed by atoms with Gasteiger partial charge in [-0.15, -0.1) is 0 Å². The zero-order valence-electron chi connectivity index (χ0n) is 12.8. The lowest BCUT2D eigenvalue weighted by Gasteiger charge is -2.07. The first kappa shape index (κ1) is 14.1. The molecular formula is C17H13N5O2. The van der Waals surface area contributed by atoms with Gasteiger partial charge in [-0.25, -0.2) is 19.4 Å². The summed E-state index contributed by atoms with van der Waals surface area (Å²) in [6.45, 7) is 0. The van der Waals surface area contributed by atoms with Crippen LogP contribution >= 0.6 is 0 Å². The van der Waals surface area contributed by atoms with E-state index in [9.17, 15) is 9.90 Å². The maximum absolute atomic E-state index is 11.5. The Morgan fingerprint density at radius 1 is 1.12 bits per heavy atom. The van der Waals surface area contributed by atoms with Crippen molar-refractivity contribution in [2.24, 2.45) is 7.05 Å². The van der Waals surface area contributed by atoms with Crippen molar-refractivity contribution in [2.45, 2.75) is 0 Å². The number of hydrogen-bond donors (Lipinski definition) is 1. The lowest BCUT2D eigenvalue weighted by molar-refractivity contribution is 0.0691. The standard InChI is InChI=1S/C17H13N5O2/c1-21-16-14(15(20-21)17(23)24)13(6-7-19-16)11-2-4-12(5-3-11)22-9-8-18-10-22/h2-10H,1H3,(H,23,24). The Balaban J connectivity index is 1.89. The normalized spacial score (nSPS) is 11.0. The number of aromatic nitrogens is 5. The molecule has 0 saturated carbocycles.